The van der Waals surface area contributed by atoms with Gasteiger partial charge in [0.1, 0.15) is 17.3 Å². The first-order chi connectivity index (χ1) is 16.8. The Hall–Kier alpha value is -3.00. The molecule has 1 atom stereocenters. The van der Waals surface area contributed by atoms with E-state index in [1.165, 1.54) is 6.07 Å². The fourth-order valence-electron chi connectivity index (χ4n) is 4.86. The largest absolute Gasteiger partial charge is 0.382 e. The van der Waals surface area contributed by atoms with Crippen LogP contribution in [-0.2, 0) is 0 Å². The SMILES string of the molecule is CC(Nc1c(Cl)cnc2ccc(C3=CNC(C4(O)CCC(N)CC4)=NC3)cc12)c1ccccc1F. The van der Waals surface area contributed by atoms with E-state index < -0.39 is 5.60 Å². The minimum absolute atomic E-state index is 0.146. The molecular weight excluding hydrogens is 465 g/mol. The number of rotatable bonds is 5. The molecule has 5 N–H and O–H groups in total. The topological polar surface area (TPSA) is 95.6 Å². The molecule has 1 aliphatic carbocycles. The number of benzene rings is 2. The van der Waals surface area contributed by atoms with Crippen molar-refractivity contribution in [2.45, 2.75) is 50.3 Å². The van der Waals surface area contributed by atoms with Crippen molar-refractivity contribution in [3.8, 4) is 0 Å². The van der Waals surface area contributed by atoms with Gasteiger partial charge in [-0.3, -0.25) is 9.98 Å². The Bertz CT molecular complexity index is 1320. The number of nitrogens with one attached hydrogen (secondary N) is 2. The van der Waals surface area contributed by atoms with Crippen LogP contribution >= 0.6 is 11.6 Å². The predicted octanol–water partition coefficient (Wildman–Crippen LogP) is 5.18. The Morgan fingerprint density at radius 1 is 1.23 bits per heavy atom. The van der Waals surface area contributed by atoms with E-state index in [9.17, 15) is 9.50 Å². The van der Waals surface area contributed by atoms with Crippen molar-refractivity contribution in [2.24, 2.45) is 10.7 Å². The molecule has 0 amide bonds. The molecule has 0 saturated heterocycles. The molecule has 1 aliphatic heterocycles. The molecular formula is C27H29ClFN5O. The summed E-state index contributed by atoms with van der Waals surface area (Å²) >= 11 is 6.54. The van der Waals surface area contributed by atoms with Crippen LogP contribution in [0.1, 0.15) is 49.8 Å². The molecule has 1 unspecified atom stereocenters. The summed E-state index contributed by atoms with van der Waals surface area (Å²) in [6.45, 7) is 2.35. The minimum Gasteiger partial charge on any atom is -0.382 e. The standard InChI is InChI=1S/C27H29ClFN5O/c1-16(20-4-2-3-5-23(20)29)34-25-21-12-17(6-7-24(21)31-15-22(25)28)18-13-32-26(33-14-18)27(35)10-8-19(30)9-11-27/h2-7,12-13,15-16,19,35H,8-11,14,30H2,1H3,(H,31,34)(H,32,33). The lowest BCUT2D eigenvalue weighted by Gasteiger charge is -2.36. The number of aromatic nitrogens is 1. The second-order valence-corrected chi connectivity index (χ2v) is 9.86. The van der Waals surface area contributed by atoms with E-state index in [0.717, 1.165) is 34.9 Å². The van der Waals surface area contributed by atoms with Gasteiger partial charge in [-0.25, -0.2) is 4.39 Å². The number of halogens is 2. The summed E-state index contributed by atoms with van der Waals surface area (Å²) < 4.78 is 14.3. The molecule has 182 valence electrons. The van der Waals surface area contributed by atoms with Crippen molar-refractivity contribution in [3.05, 3.63) is 76.8 Å². The molecule has 35 heavy (non-hydrogen) atoms. The van der Waals surface area contributed by atoms with Gasteiger partial charge in [-0.15, -0.1) is 0 Å². The summed E-state index contributed by atoms with van der Waals surface area (Å²) in [5, 5.41) is 19.0. The number of nitrogens with two attached hydrogens (primary N) is 1. The van der Waals surface area contributed by atoms with Crippen LogP contribution in [0.4, 0.5) is 10.1 Å². The first kappa shape index (κ1) is 23.7. The second-order valence-electron chi connectivity index (χ2n) is 9.45. The summed E-state index contributed by atoms with van der Waals surface area (Å²) in [6, 6.07) is 12.5. The third-order valence-corrected chi connectivity index (χ3v) is 7.30. The van der Waals surface area contributed by atoms with E-state index in [1.54, 1.807) is 18.3 Å². The van der Waals surface area contributed by atoms with Gasteiger partial charge < -0.3 is 21.5 Å². The van der Waals surface area contributed by atoms with Gasteiger partial charge in [-0.05, 0) is 61.9 Å². The summed E-state index contributed by atoms with van der Waals surface area (Å²) in [7, 11) is 0. The van der Waals surface area contributed by atoms with Crippen molar-refractivity contribution in [1.29, 1.82) is 0 Å². The normalized spacial score (nSPS) is 23.3. The lowest BCUT2D eigenvalue weighted by Crippen LogP contribution is -2.50. The van der Waals surface area contributed by atoms with Crippen molar-refractivity contribution in [3.63, 3.8) is 0 Å². The highest BCUT2D eigenvalue weighted by atomic mass is 35.5. The number of anilines is 1. The second kappa shape index (κ2) is 9.57. The van der Waals surface area contributed by atoms with E-state index in [4.69, 9.17) is 17.3 Å². The number of hydrogen-bond acceptors (Lipinski definition) is 6. The van der Waals surface area contributed by atoms with Crippen molar-refractivity contribution >= 4 is 39.6 Å². The molecule has 8 heteroatoms. The number of hydrogen-bond donors (Lipinski definition) is 4. The minimum atomic E-state index is -0.946. The Morgan fingerprint density at radius 2 is 2.00 bits per heavy atom. The highest BCUT2D eigenvalue weighted by molar-refractivity contribution is 6.34. The van der Waals surface area contributed by atoms with Crippen LogP contribution in [0.2, 0.25) is 5.02 Å². The molecule has 1 aromatic heterocycles. The Kier molecular flexibility index (Phi) is 6.49. The lowest BCUT2D eigenvalue weighted by molar-refractivity contribution is 0.0623. The Labute approximate surface area is 209 Å². The van der Waals surface area contributed by atoms with Crippen molar-refractivity contribution in [2.75, 3.05) is 11.9 Å². The fraction of sp³-hybridized carbons (Fsp3) is 0.333. The van der Waals surface area contributed by atoms with Crippen LogP contribution < -0.4 is 16.4 Å². The molecule has 5 rings (SSSR count). The summed E-state index contributed by atoms with van der Waals surface area (Å²) in [6.07, 6.45) is 6.30. The number of aliphatic hydroxyl groups is 1. The number of nitrogens with zero attached hydrogens (tertiary/aromatic N) is 2. The third kappa shape index (κ3) is 4.76. The number of amidine groups is 1. The molecule has 1 saturated carbocycles. The van der Waals surface area contributed by atoms with Gasteiger partial charge in [0.05, 0.1) is 28.8 Å². The summed E-state index contributed by atoms with van der Waals surface area (Å²) in [5.41, 5.74) is 9.06. The molecule has 0 radical (unpaired) electrons. The molecule has 6 nitrogen and oxygen atoms in total. The number of aliphatic imine (C=N–C) groups is 1. The van der Waals surface area contributed by atoms with Crippen molar-refractivity contribution in [1.82, 2.24) is 10.3 Å². The zero-order valence-corrected chi connectivity index (χ0v) is 20.3. The van der Waals surface area contributed by atoms with Crippen LogP contribution in [0, 0.1) is 5.82 Å². The van der Waals surface area contributed by atoms with Gasteiger partial charge in [0.25, 0.3) is 0 Å². The maximum Gasteiger partial charge on any atom is 0.133 e. The van der Waals surface area contributed by atoms with Crippen molar-refractivity contribution < 1.29 is 9.50 Å². The predicted molar refractivity (Wildman–Crippen MR) is 140 cm³/mol. The Morgan fingerprint density at radius 3 is 2.71 bits per heavy atom. The van der Waals surface area contributed by atoms with Crippen LogP contribution in [0.3, 0.4) is 0 Å². The van der Waals surface area contributed by atoms with E-state index in [-0.39, 0.29) is 17.9 Å². The summed E-state index contributed by atoms with van der Waals surface area (Å²) in [4.78, 5) is 9.13. The zero-order valence-electron chi connectivity index (χ0n) is 19.6. The van der Waals surface area contributed by atoms with Crippen LogP contribution in [0.25, 0.3) is 16.5 Å². The molecule has 2 aromatic carbocycles. The van der Waals surface area contributed by atoms with Gasteiger partial charge in [0.15, 0.2) is 0 Å². The van der Waals surface area contributed by atoms with E-state index >= 15 is 0 Å². The van der Waals surface area contributed by atoms with Gasteiger partial charge in [0.2, 0.25) is 0 Å². The maximum absolute atomic E-state index is 14.3. The number of fused-ring (bicyclic) bond motifs is 1. The molecule has 2 aliphatic rings. The van der Waals surface area contributed by atoms with Gasteiger partial charge >= 0.3 is 0 Å². The van der Waals surface area contributed by atoms with Gasteiger partial charge in [-0.2, -0.15) is 0 Å². The maximum atomic E-state index is 14.3. The van der Waals surface area contributed by atoms with Crippen LogP contribution in [0.15, 0.2) is 59.9 Å². The highest BCUT2D eigenvalue weighted by Crippen LogP contribution is 2.35. The smallest absolute Gasteiger partial charge is 0.133 e. The average Bonchev–Trinajstić information content (AvgIpc) is 2.87. The van der Waals surface area contributed by atoms with Crippen LogP contribution in [0.5, 0.6) is 0 Å². The molecule has 0 bridgehead atoms. The Balaban J connectivity index is 1.41. The van der Waals surface area contributed by atoms with Crippen LogP contribution in [-0.4, -0.2) is 34.1 Å². The quantitative estimate of drug-likeness (QED) is 0.393. The highest BCUT2D eigenvalue weighted by Gasteiger charge is 2.37. The molecule has 0 spiro atoms. The lowest BCUT2D eigenvalue weighted by atomic mass is 9.81. The van der Waals surface area contributed by atoms with E-state index in [1.807, 2.05) is 37.4 Å². The summed E-state index contributed by atoms with van der Waals surface area (Å²) in [5.74, 6) is 0.344. The monoisotopic (exact) mass is 493 g/mol. The van der Waals surface area contributed by atoms with Gasteiger partial charge in [-0.1, -0.05) is 35.9 Å². The molecule has 2 heterocycles. The fourth-order valence-corrected chi connectivity index (χ4v) is 5.06. The first-order valence-corrected chi connectivity index (χ1v) is 12.3. The molecule has 1 fully saturated rings. The number of pyridine rings is 1. The average molecular weight is 494 g/mol. The van der Waals surface area contributed by atoms with E-state index in [0.29, 0.717) is 41.5 Å². The molecule has 3 aromatic rings. The zero-order chi connectivity index (χ0) is 24.6. The van der Waals surface area contributed by atoms with E-state index in [2.05, 4.69) is 20.6 Å². The first-order valence-electron chi connectivity index (χ1n) is 11.9. The third-order valence-electron chi connectivity index (χ3n) is 7.01. The van der Waals surface area contributed by atoms with Gasteiger partial charge in [0, 0.05) is 29.4 Å².